The summed E-state index contributed by atoms with van der Waals surface area (Å²) in [4.78, 5) is 3.76. The number of pyridine rings is 1. The molecule has 0 saturated carbocycles. The van der Waals surface area contributed by atoms with Gasteiger partial charge in [0.2, 0.25) is 10.0 Å². The summed E-state index contributed by atoms with van der Waals surface area (Å²) in [5.41, 5.74) is 5.77. The average Bonchev–Trinajstić information content (AvgIpc) is 2.79. The van der Waals surface area contributed by atoms with Crippen LogP contribution in [0.15, 0.2) is 46.2 Å². The Bertz CT molecular complexity index is 593. The van der Waals surface area contributed by atoms with Crippen LogP contribution in [0.4, 0.5) is 5.69 Å². The molecule has 0 spiro atoms. The molecule has 0 saturated heterocycles. The maximum atomic E-state index is 11.8. The first kappa shape index (κ1) is 11.6. The second-order valence-electron chi connectivity index (χ2n) is 3.36. The number of hydrogen-bond donors (Lipinski definition) is 2. The molecule has 0 unspecified atom stereocenters. The van der Waals surface area contributed by atoms with Crippen molar-refractivity contribution in [2.24, 2.45) is 0 Å². The number of rotatable bonds is 4. The summed E-state index contributed by atoms with van der Waals surface area (Å²) in [7, 11) is -3.61. The van der Waals surface area contributed by atoms with Gasteiger partial charge in [0.1, 0.15) is 10.7 Å². The minimum absolute atomic E-state index is 0.0315. The predicted molar refractivity (Wildman–Crippen MR) is 61.4 cm³/mol. The Morgan fingerprint density at radius 3 is 2.88 bits per heavy atom. The van der Waals surface area contributed by atoms with E-state index in [9.17, 15) is 8.42 Å². The van der Waals surface area contributed by atoms with E-state index in [1.165, 1.54) is 24.7 Å². The maximum absolute atomic E-state index is 11.8. The van der Waals surface area contributed by atoms with Gasteiger partial charge in [-0.3, -0.25) is 4.98 Å². The first-order valence-electron chi connectivity index (χ1n) is 4.80. The molecule has 0 aliphatic rings. The molecule has 2 rings (SSSR count). The van der Waals surface area contributed by atoms with Crippen LogP contribution in [0.25, 0.3) is 0 Å². The average molecular weight is 253 g/mol. The lowest BCUT2D eigenvalue weighted by atomic mass is 10.4. The molecule has 0 aliphatic carbocycles. The Hall–Kier alpha value is -1.86. The molecular formula is C10H11N3O3S. The zero-order valence-electron chi connectivity index (χ0n) is 8.83. The molecular weight excluding hydrogens is 242 g/mol. The van der Waals surface area contributed by atoms with Gasteiger partial charge in [0.05, 0.1) is 18.5 Å². The zero-order chi connectivity index (χ0) is 12.3. The van der Waals surface area contributed by atoms with Crippen LogP contribution >= 0.6 is 0 Å². The molecule has 0 radical (unpaired) electrons. The fraction of sp³-hybridized carbons (Fsp3) is 0.100. The number of hydrogen-bond acceptors (Lipinski definition) is 5. The second kappa shape index (κ2) is 4.56. The number of anilines is 1. The van der Waals surface area contributed by atoms with Crippen molar-refractivity contribution in [2.75, 3.05) is 5.73 Å². The first-order chi connectivity index (χ1) is 8.08. The van der Waals surface area contributed by atoms with Gasteiger partial charge < -0.3 is 10.2 Å². The Morgan fingerprint density at radius 2 is 2.24 bits per heavy atom. The molecule has 2 aromatic rings. The van der Waals surface area contributed by atoms with Gasteiger partial charge in [-0.15, -0.1) is 0 Å². The lowest BCUT2D eigenvalue weighted by Gasteiger charge is -2.05. The van der Waals surface area contributed by atoms with Gasteiger partial charge in [-0.1, -0.05) is 0 Å². The van der Waals surface area contributed by atoms with Crippen molar-refractivity contribution in [3.63, 3.8) is 0 Å². The van der Waals surface area contributed by atoms with E-state index in [0.29, 0.717) is 11.4 Å². The van der Waals surface area contributed by atoms with Crippen molar-refractivity contribution >= 4 is 15.7 Å². The van der Waals surface area contributed by atoms with Gasteiger partial charge >= 0.3 is 0 Å². The van der Waals surface area contributed by atoms with E-state index in [1.54, 1.807) is 12.1 Å². The van der Waals surface area contributed by atoms with Gasteiger partial charge in [-0.2, -0.15) is 0 Å². The molecule has 0 fully saturated rings. The SMILES string of the molecule is Nc1cncc(S(=O)(=O)NCc2ccco2)c1. The van der Waals surface area contributed by atoms with Crippen molar-refractivity contribution in [1.82, 2.24) is 9.71 Å². The Morgan fingerprint density at radius 1 is 1.41 bits per heavy atom. The zero-order valence-corrected chi connectivity index (χ0v) is 9.65. The number of nitrogen functional groups attached to an aromatic ring is 1. The molecule has 7 heteroatoms. The van der Waals surface area contributed by atoms with Crippen LogP contribution in [-0.2, 0) is 16.6 Å². The van der Waals surface area contributed by atoms with Crippen LogP contribution in [0, 0.1) is 0 Å². The molecule has 17 heavy (non-hydrogen) atoms. The van der Waals surface area contributed by atoms with E-state index in [2.05, 4.69) is 9.71 Å². The molecule has 0 atom stereocenters. The largest absolute Gasteiger partial charge is 0.468 e. The van der Waals surface area contributed by atoms with Gasteiger partial charge in [0, 0.05) is 12.4 Å². The fourth-order valence-corrected chi connectivity index (χ4v) is 2.24. The number of nitrogens with two attached hydrogens (primary N) is 1. The molecule has 2 aromatic heterocycles. The Labute approximate surface area is 98.5 Å². The van der Waals surface area contributed by atoms with E-state index in [1.807, 2.05) is 0 Å². The van der Waals surface area contributed by atoms with Gasteiger partial charge in [0.25, 0.3) is 0 Å². The lowest BCUT2D eigenvalue weighted by Crippen LogP contribution is -2.23. The number of aromatic nitrogens is 1. The summed E-state index contributed by atoms with van der Waals surface area (Å²) in [6, 6.07) is 4.71. The van der Waals surface area contributed by atoms with Crippen LogP contribution in [0.5, 0.6) is 0 Å². The third-order valence-corrected chi connectivity index (χ3v) is 3.43. The van der Waals surface area contributed by atoms with Crippen molar-refractivity contribution in [2.45, 2.75) is 11.4 Å². The highest BCUT2D eigenvalue weighted by molar-refractivity contribution is 7.89. The third-order valence-electron chi connectivity index (χ3n) is 2.06. The first-order valence-corrected chi connectivity index (χ1v) is 6.29. The molecule has 0 amide bonds. The molecule has 6 nitrogen and oxygen atoms in total. The molecule has 0 aliphatic heterocycles. The number of nitrogens with zero attached hydrogens (tertiary/aromatic N) is 1. The topological polar surface area (TPSA) is 98.2 Å². The minimum Gasteiger partial charge on any atom is -0.468 e. The van der Waals surface area contributed by atoms with Crippen LogP contribution in [-0.4, -0.2) is 13.4 Å². The summed E-state index contributed by atoms with van der Waals surface area (Å²) in [5, 5.41) is 0. The predicted octanol–water partition coefficient (Wildman–Crippen LogP) is 0.735. The molecule has 90 valence electrons. The van der Waals surface area contributed by atoms with Crippen LogP contribution in [0.1, 0.15) is 5.76 Å². The van der Waals surface area contributed by atoms with Gasteiger partial charge in [-0.25, -0.2) is 13.1 Å². The smallest absolute Gasteiger partial charge is 0.242 e. The third kappa shape index (κ3) is 2.83. The standard InChI is InChI=1S/C10H11N3O3S/c11-8-4-10(7-12-5-8)17(14,15)13-6-9-2-1-3-16-9/h1-5,7,13H,6,11H2. The summed E-state index contributed by atoms with van der Waals surface area (Å²) in [6.45, 7) is 0.0874. The number of nitrogens with one attached hydrogen (secondary N) is 1. The van der Waals surface area contributed by atoms with Crippen LogP contribution in [0.2, 0.25) is 0 Å². The van der Waals surface area contributed by atoms with E-state index in [-0.39, 0.29) is 11.4 Å². The monoisotopic (exact) mass is 253 g/mol. The van der Waals surface area contributed by atoms with Gasteiger partial charge in [-0.05, 0) is 18.2 Å². The van der Waals surface area contributed by atoms with Crippen molar-refractivity contribution < 1.29 is 12.8 Å². The van der Waals surface area contributed by atoms with Crippen LogP contribution in [0.3, 0.4) is 0 Å². The van der Waals surface area contributed by atoms with E-state index < -0.39 is 10.0 Å². The minimum atomic E-state index is -3.61. The molecule has 3 N–H and O–H groups in total. The van der Waals surface area contributed by atoms with Crippen molar-refractivity contribution in [3.8, 4) is 0 Å². The summed E-state index contributed by atoms with van der Waals surface area (Å²) < 4.78 is 31.1. The normalized spacial score (nSPS) is 11.5. The Balaban J connectivity index is 2.14. The lowest BCUT2D eigenvalue weighted by molar-refractivity contribution is 0.498. The fourth-order valence-electron chi connectivity index (χ4n) is 1.25. The summed E-state index contributed by atoms with van der Waals surface area (Å²) in [6.07, 6.45) is 4.10. The number of sulfonamides is 1. The maximum Gasteiger partial charge on any atom is 0.242 e. The highest BCUT2D eigenvalue weighted by atomic mass is 32.2. The molecule has 0 bridgehead atoms. The highest BCUT2D eigenvalue weighted by Gasteiger charge is 2.14. The molecule has 0 aromatic carbocycles. The summed E-state index contributed by atoms with van der Waals surface area (Å²) in [5.74, 6) is 0.533. The van der Waals surface area contributed by atoms with E-state index in [4.69, 9.17) is 10.2 Å². The van der Waals surface area contributed by atoms with Crippen LogP contribution < -0.4 is 10.5 Å². The van der Waals surface area contributed by atoms with E-state index in [0.717, 1.165) is 0 Å². The van der Waals surface area contributed by atoms with E-state index >= 15 is 0 Å². The second-order valence-corrected chi connectivity index (χ2v) is 5.12. The quantitative estimate of drug-likeness (QED) is 0.837. The Kier molecular flexibility index (Phi) is 3.12. The highest BCUT2D eigenvalue weighted by Crippen LogP contribution is 2.11. The number of furan rings is 1. The van der Waals surface area contributed by atoms with Crippen molar-refractivity contribution in [1.29, 1.82) is 0 Å². The summed E-state index contributed by atoms with van der Waals surface area (Å²) >= 11 is 0. The van der Waals surface area contributed by atoms with Gasteiger partial charge in [0.15, 0.2) is 0 Å². The molecule has 2 heterocycles. The van der Waals surface area contributed by atoms with Crippen molar-refractivity contribution in [3.05, 3.63) is 42.6 Å².